The van der Waals surface area contributed by atoms with E-state index in [9.17, 15) is 4.79 Å². The maximum Gasteiger partial charge on any atom is 0.150 e. The van der Waals surface area contributed by atoms with Crippen molar-refractivity contribution in [3.8, 4) is 0 Å². The molecule has 0 fully saturated rings. The maximum atomic E-state index is 11.1. The molecule has 0 saturated carbocycles. The standard InChI is InChI=1S/C22H24N2O.C7H10N2/c25-15-17-11-12-20-19(14-17)18-9-4-10-21(22(18)24-20)23-13-5-8-16-6-2-1-3-7-16;1-8-5-7-3-2-4-9-6-7/h1-3,6-7,11-12,14-15,21,23-24H,4-5,8-10,13H2;2-4,6,8H,5H2,1H3. The number of carbonyl (C=O) groups is 1. The van der Waals surface area contributed by atoms with Crippen LogP contribution in [0, 0.1) is 0 Å². The third kappa shape index (κ3) is 6.19. The zero-order chi connectivity index (χ0) is 23.6. The monoisotopic (exact) mass is 454 g/mol. The summed E-state index contributed by atoms with van der Waals surface area (Å²) in [5, 5.41) is 8.00. The van der Waals surface area contributed by atoms with Crippen molar-refractivity contribution in [2.24, 2.45) is 0 Å². The summed E-state index contributed by atoms with van der Waals surface area (Å²) in [5.41, 5.74) is 7.25. The van der Waals surface area contributed by atoms with Crippen molar-refractivity contribution in [1.29, 1.82) is 0 Å². The van der Waals surface area contributed by atoms with Crippen molar-refractivity contribution in [1.82, 2.24) is 20.6 Å². The zero-order valence-electron chi connectivity index (χ0n) is 19.9. The summed E-state index contributed by atoms with van der Waals surface area (Å²) in [6.45, 7) is 1.92. The molecule has 0 radical (unpaired) electrons. The average molecular weight is 455 g/mol. The second-order valence-corrected chi connectivity index (χ2v) is 8.82. The number of fused-ring (bicyclic) bond motifs is 3. The minimum absolute atomic E-state index is 0.395. The predicted molar refractivity (Wildman–Crippen MR) is 139 cm³/mol. The molecule has 1 aliphatic rings. The number of nitrogens with zero attached hydrogens (tertiary/aromatic N) is 1. The van der Waals surface area contributed by atoms with Crippen LogP contribution >= 0.6 is 0 Å². The van der Waals surface area contributed by atoms with Gasteiger partial charge in [0.25, 0.3) is 0 Å². The lowest BCUT2D eigenvalue weighted by molar-refractivity contribution is 0.112. The van der Waals surface area contributed by atoms with Gasteiger partial charge in [-0.1, -0.05) is 36.4 Å². The van der Waals surface area contributed by atoms with Crippen LogP contribution in [0.2, 0.25) is 0 Å². The van der Waals surface area contributed by atoms with E-state index >= 15 is 0 Å². The number of aldehydes is 1. The second-order valence-electron chi connectivity index (χ2n) is 8.82. The first-order valence-corrected chi connectivity index (χ1v) is 12.2. The number of carbonyl (C=O) groups excluding carboxylic acids is 1. The molecule has 0 bridgehead atoms. The number of rotatable bonds is 8. The molecule has 1 aliphatic carbocycles. The van der Waals surface area contributed by atoms with Gasteiger partial charge in [-0.05, 0) is 86.7 Å². The highest BCUT2D eigenvalue weighted by atomic mass is 16.1. The third-order valence-corrected chi connectivity index (χ3v) is 6.35. The SMILES string of the molecule is CNCc1cccnc1.O=Cc1ccc2[nH]c3c(c2c1)CCCC3NCCCc1ccccc1. The molecular weight excluding hydrogens is 420 g/mol. The lowest BCUT2D eigenvalue weighted by Gasteiger charge is -2.24. The highest BCUT2D eigenvalue weighted by Crippen LogP contribution is 2.35. The van der Waals surface area contributed by atoms with Crippen molar-refractivity contribution in [2.75, 3.05) is 13.6 Å². The van der Waals surface area contributed by atoms with E-state index in [2.05, 4.69) is 50.9 Å². The second kappa shape index (κ2) is 12.3. The Morgan fingerprint density at radius 1 is 1.09 bits per heavy atom. The predicted octanol–water partition coefficient (Wildman–Crippen LogP) is 5.38. The van der Waals surface area contributed by atoms with Crippen molar-refractivity contribution in [3.63, 3.8) is 0 Å². The fourth-order valence-electron chi connectivity index (χ4n) is 4.68. The molecule has 0 amide bonds. The van der Waals surface area contributed by atoms with Gasteiger partial charge in [0.15, 0.2) is 0 Å². The first kappa shape index (κ1) is 23.9. The summed E-state index contributed by atoms with van der Waals surface area (Å²) in [5.74, 6) is 0. The molecule has 0 spiro atoms. The Morgan fingerprint density at radius 2 is 1.94 bits per heavy atom. The first-order valence-electron chi connectivity index (χ1n) is 12.2. The number of hydrogen-bond acceptors (Lipinski definition) is 4. The van der Waals surface area contributed by atoms with E-state index in [0.717, 1.165) is 49.7 Å². The van der Waals surface area contributed by atoms with Crippen LogP contribution in [0.25, 0.3) is 10.9 Å². The first-order chi connectivity index (χ1) is 16.8. The van der Waals surface area contributed by atoms with Gasteiger partial charge in [-0.15, -0.1) is 0 Å². The van der Waals surface area contributed by atoms with E-state index in [1.54, 1.807) is 6.20 Å². The van der Waals surface area contributed by atoms with Gasteiger partial charge in [0, 0.05) is 47.1 Å². The number of benzene rings is 2. The van der Waals surface area contributed by atoms with Gasteiger partial charge in [-0.2, -0.15) is 0 Å². The van der Waals surface area contributed by atoms with E-state index in [1.165, 1.54) is 40.6 Å². The quantitative estimate of drug-likeness (QED) is 0.247. The number of aryl methyl sites for hydroxylation is 2. The Balaban J connectivity index is 0.000000257. The number of nitrogens with one attached hydrogen (secondary N) is 3. The molecule has 5 nitrogen and oxygen atoms in total. The molecule has 0 saturated heterocycles. The van der Waals surface area contributed by atoms with E-state index < -0.39 is 0 Å². The third-order valence-electron chi connectivity index (χ3n) is 6.35. The molecule has 34 heavy (non-hydrogen) atoms. The molecule has 176 valence electrons. The van der Waals surface area contributed by atoms with Crippen LogP contribution in [-0.2, 0) is 19.4 Å². The Hall–Kier alpha value is -3.28. The number of aromatic amines is 1. The van der Waals surface area contributed by atoms with Crippen LogP contribution in [-0.4, -0.2) is 29.8 Å². The summed E-state index contributed by atoms with van der Waals surface area (Å²) in [4.78, 5) is 18.6. The van der Waals surface area contributed by atoms with E-state index in [4.69, 9.17) is 0 Å². The molecule has 2 aromatic heterocycles. The number of H-pyrrole nitrogens is 1. The summed E-state index contributed by atoms with van der Waals surface area (Å²) >= 11 is 0. The molecule has 1 atom stereocenters. The van der Waals surface area contributed by atoms with E-state index in [1.807, 2.05) is 43.6 Å². The van der Waals surface area contributed by atoms with Gasteiger partial charge >= 0.3 is 0 Å². The molecule has 0 aliphatic heterocycles. The molecular formula is C29H34N4O. The normalized spacial score (nSPS) is 14.8. The summed E-state index contributed by atoms with van der Waals surface area (Å²) in [6.07, 6.45) is 10.3. The van der Waals surface area contributed by atoms with Gasteiger partial charge in [-0.25, -0.2) is 0 Å². The molecule has 5 rings (SSSR count). The highest BCUT2D eigenvalue weighted by Gasteiger charge is 2.23. The molecule has 2 aromatic carbocycles. The van der Waals surface area contributed by atoms with Crippen LogP contribution in [0.4, 0.5) is 0 Å². The van der Waals surface area contributed by atoms with Gasteiger partial charge in [-0.3, -0.25) is 9.78 Å². The lowest BCUT2D eigenvalue weighted by Crippen LogP contribution is -2.26. The number of hydrogen-bond donors (Lipinski definition) is 3. The minimum Gasteiger partial charge on any atom is -0.357 e. The maximum absolute atomic E-state index is 11.1. The van der Waals surface area contributed by atoms with Crippen LogP contribution in [0.15, 0.2) is 73.1 Å². The fourth-order valence-corrected chi connectivity index (χ4v) is 4.68. The van der Waals surface area contributed by atoms with Crippen LogP contribution < -0.4 is 10.6 Å². The van der Waals surface area contributed by atoms with Crippen LogP contribution in [0.1, 0.15) is 58.0 Å². The molecule has 3 N–H and O–H groups in total. The topological polar surface area (TPSA) is 69.8 Å². The average Bonchev–Trinajstić information content (AvgIpc) is 3.27. The smallest absolute Gasteiger partial charge is 0.150 e. The Labute approximate surface area is 202 Å². The Kier molecular flexibility index (Phi) is 8.60. The van der Waals surface area contributed by atoms with Crippen molar-refractivity contribution >= 4 is 17.2 Å². The largest absolute Gasteiger partial charge is 0.357 e. The van der Waals surface area contributed by atoms with Crippen molar-refractivity contribution in [2.45, 2.75) is 44.7 Å². The molecule has 5 heteroatoms. The van der Waals surface area contributed by atoms with E-state index in [-0.39, 0.29) is 0 Å². The van der Waals surface area contributed by atoms with Crippen LogP contribution in [0.5, 0.6) is 0 Å². The summed E-state index contributed by atoms with van der Waals surface area (Å²) in [6, 6.07) is 21.0. The van der Waals surface area contributed by atoms with E-state index in [0.29, 0.717) is 6.04 Å². The minimum atomic E-state index is 0.395. The van der Waals surface area contributed by atoms with Crippen LogP contribution in [0.3, 0.4) is 0 Å². The lowest BCUT2D eigenvalue weighted by atomic mass is 9.91. The van der Waals surface area contributed by atoms with Crippen molar-refractivity contribution in [3.05, 3.63) is 101 Å². The molecule has 2 heterocycles. The highest BCUT2D eigenvalue weighted by molar-refractivity contribution is 5.90. The molecule has 1 unspecified atom stereocenters. The fraction of sp³-hybridized carbons (Fsp3) is 0.310. The summed E-state index contributed by atoms with van der Waals surface area (Å²) in [7, 11) is 1.92. The zero-order valence-corrected chi connectivity index (χ0v) is 19.9. The van der Waals surface area contributed by atoms with Crippen molar-refractivity contribution < 1.29 is 4.79 Å². The summed E-state index contributed by atoms with van der Waals surface area (Å²) < 4.78 is 0. The Morgan fingerprint density at radius 3 is 2.71 bits per heavy atom. The Bertz CT molecular complexity index is 1170. The van der Waals surface area contributed by atoms with Gasteiger partial charge < -0.3 is 15.6 Å². The molecule has 4 aromatic rings. The van der Waals surface area contributed by atoms with Gasteiger partial charge in [0.1, 0.15) is 6.29 Å². The number of pyridine rings is 1. The van der Waals surface area contributed by atoms with Gasteiger partial charge in [0.05, 0.1) is 0 Å². The number of aromatic nitrogens is 2. The van der Waals surface area contributed by atoms with Gasteiger partial charge in [0.2, 0.25) is 0 Å².